The zero-order valence-corrected chi connectivity index (χ0v) is 22.8. The number of nitrogens with zero attached hydrogens (tertiary/aromatic N) is 1. The van der Waals surface area contributed by atoms with Crippen molar-refractivity contribution < 1.29 is 19.5 Å². The van der Waals surface area contributed by atoms with Crippen LogP contribution in [0.25, 0.3) is 0 Å². The summed E-state index contributed by atoms with van der Waals surface area (Å²) in [5.74, 6) is 2.37. The maximum atomic E-state index is 12.6. The number of anilines is 1. The quantitative estimate of drug-likeness (QED) is 0.549. The Bertz CT molecular complexity index is 1040. The molecule has 196 valence electrons. The first-order valence-electron chi connectivity index (χ1n) is 13.3. The molecule has 5 rings (SSSR count). The van der Waals surface area contributed by atoms with E-state index in [2.05, 4.69) is 50.2 Å². The van der Waals surface area contributed by atoms with Crippen molar-refractivity contribution in [2.75, 3.05) is 26.1 Å². The highest BCUT2D eigenvalue weighted by Gasteiger charge is 2.57. The van der Waals surface area contributed by atoms with E-state index in [1.54, 1.807) is 5.57 Å². The van der Waals surface area contributed by atoms with Crippen molar-refractivity contribution in [1.29, 1.82) is 0 Å². The summed E-state index contributed by atoms with van der Waals surface area (Å²) in [5.41, 5.74) is 7.09. The lowest BCUT2D eigenvalue weighted by atomic mass is 9.51. The Balaban J connectivity index is 0.000000674. The Labute approximate surface area is 216 Å². The number of hydrogen-bond acceptors (Lipinski definition) is 5. The van der Waals surface area contributed by atoms with Gasteiger partial charge in [0, 0.05) is 45.1 Å². The minimum Gasteiger partial charge on any atom is -0.400 e. The molecule has 5 heteroatoms. The Morgan fingerprint density at radius 1 is 1.06 bits per heavy atom. The Morgan fingerprint density at radius 3 is 2.28 bits per heavy atom. The van der Waals surface area contributed by atoms with E-state index in [-0.39, 0.29) is 11.3 Å². The van der Waals surface area contributed by atoms with Gasteiger partial charge in [0.1, 0.15) is 12.1 Å². The summed E-state index contributed by atoms with van der Waals surface area (Å²) >= 11 is 0. The van der Waals surface area contributed by atoms with Crippen LogP contribution in [0.1, 0.15) is 77.2 Å². The maximum absolute atomic E-state index is 12.6. The molecule has 4 aliphatic carbocycles. The lowest BCUT2D eigenvalue weighted by Gasteiger charge is -2.52. The van der Waals surface area contributed by atoms with Crippen LogP contribution in [0.15, 0.2) is 47.1 Å². The lowest BCUT2D eigenvalue weighted by Crippen LogP contribution is -2.44. The van der Waals surface area contributed by atoms with Crippen molar-refractivity contribution in [1.82, 2.24) is 0 Å². The van der Waals surface area contributed by atoms with Crippen molar-refractivity contribution >= 4 is 23.5 Å². The molecule has 0 spiro atoms. The number of ketones is 2. The first kappa shape index (κ1) is 28.0. The first-order chi connectivity index (χ1) is 17.2. The van der Waals surface area contributed by atoms with Crippen LogP contribution in [0.2, 0.25) is 0 Å². The fraction of sp³-hybridized carbons (Fsp3) is 0.581. The van der Waals surface area contributed by atoms with Gasteiger partial charge in [-0.2, -0.15) is 0 Å². The summed E-state index contributed by atoms with van der Waals surface area (Å²) in [6.07, 6.45) is 9.68. The summed E-state index contributed by atoms with van der Waals surface area (Å²) in [4.78, 5) is 35.7. The summed E-state index contributed by atoms with van der Waals surface area (Å²) < 4.78 is 0. The molecule has 1 aromatic rings. The molecule has 0 aromatic heterocycles. The van der Waals surface area contributed by atoms with Gasteiger partial charge in [-0.25, -0.2) is 0 Å². The molecule has 0 amide bonds. The number of Topliss-reactive ketones (excluding diaryl/α,β-unsaturated/α-hetero) is 1. The van der Waals surface area contributed by atoms with Gasteiger partial charge in [-0.1, -0.05) is 24.6 Å². The predicted molar refractivity (Wildman–Crippen MR) is 145 cm³/mol. The van der Waals surface area contributed by atoms with Gasteiger partial charge in [-0.05, 0) is 105 Å². The highest BCUT2D eigenvalue weighted by atomic mass is 16.2. The van der Waals surface area contributed by atoms with Crippen LogP contribution < -0.4 is 4.90 Å². The second-order valence-electron chi connectivity index (χ2n) is 11.0. The summed E-state index contributed by atoms with van der Waals surface area (Å²) in [5, 5.41) is 7.00. The van der Waals surface area contributed by atoms with Crippen molar-refractivity contribution in [2.24, 2.45) is 23.2 Å². The number of aliphatic hydroxyl groups excluding tert-OH is 1. The van der Waals surface area contributed by atoms with Crippen LogP contribution in [-0.4, -0.2) is 44.2 Å². The Kier molecular flexibility index (Phi) is 9.10. The zero-order valence-electron chi connectivity index (χ0n) is 22.8. The molecule has 0 bridgehead atoms. The molecule has 0 saturated heterocycles. The molecule has 0 radical (unpaired) electrons. The second-order valence-corrected chi connectivity index (χ2v) is 11.0. The number of fused-ring (bicyclic) bond motifs is 4. The molecule has 0 heterocycles. The fourth-order valence-corrected chi connectivity index (χ4v) is 7.63. The van der Waals surface area contributed by atoms with Crippen molar-refractivity contribution in [2.45, 2.75) is 71.6 Å². The lowest BCUT2D eigenvalue weighted by molar-refractivity contribution is -0.125. The first-order valence-corrected chi connectivity index (χ1v) is 13.3. The maximum Gasteiger partial charge on any atom is 0.156 e. The predicted octanol–water partition coefficient (Wildman–Crippen LogP) is 5.67. The van der Waals surface area contributed by atoms with Crippen LogP contribution in [-0.2, 0) is 14.4 Å². The van der Waals surface area contributed by atoms with E-state index in [1.807, 2.05) is 13.0 Å². The topological polar surface area (TPSA) is 74.7 Å². The van der Waals surface area contributed by atoms with Crippen LogP contribution in [0.3, 0.4) is 0 Å². The number of aliphatic hydroxyl groups is 1. The van der Waals surface area contributed by atoms with E-state index < -0.39 is 0 Å². The molecule has 0 aliphatic heterocycles. The Hall–Kier alpha value is -2.53. The molecule has 1 aromatic carbocycles. The molecule has 5 atom stereocenters. The second kappa shape index (κ2) is 11.7. The average Bonchev–Trinajstić information content (AvgIpc) is 3.22. The molecular formula is C31H43NO4. The molecule has 36 heavy (non-hydrogen) atoms. The number of carbonyl (C=O) groups is 3. The molecule has 2 saturated carbocycles. The van der Waals surface area contributed by atoms with Crippen molar-refractivity contribution in [3.8, 4) is 0 Å². The molecule has 2 fully saturated rings. The van der Waals surface area contributed by atoms with Gasteiger partial charge in [0.2, 0.25) is 0 Å². The average molecular weight is 494 g/mol. The van der Waals surface area contributed by atoms with E-state index in [9.17, 15) is 9.59 Å². The van der Waals surface area contributed by atoms with Crippen LogP contribution in [0.5, 0.6) is 0 Å². The molecule has 1 N–H and O–H groups in total. The number of hydrogen-bond donors (Lipinski definition) is 1. The number of aldehydes is 1. The zero-order chi connectivity index (χ0) is 26.6. The minimum atomic E-state index is 0.0805. The highest BCUT2D eigenvalue weighted by Crippen LogP contribution is 2.65. The van der Waals surface area contributed by atoms with E-state index in [1.165, 1.54) is 35.7 Å². The number of carbonyl (C=O) groups excluding carboxylic acids is 3. The van der Waals surface area contributed by atoms with Crippen molar-refractivity contribution in [3.05, 3.63) is 52.6 Å². The van der Waals surface area contributed by atoms with Crippen LogP contribution >= 0.6 is 0 Å². The number of allylic oxidation sites excluding steroid dienone is 4. The fourth-order valence-electron chi connectivity index (χ4n) is 7.63. The molecular weight excluding hydrogens is 450 g/mol. The van der Waals surface area contributed by atoms with Gasteiger partial charge < -0.3 is 14.8 Å². The van der Waals surface area contributed by atoms with Gasteiger partial charge >= 0.3 is 0 Å². The standard InChI is InChI=1S/C28H35NO2.C2H4O.CH4O/c1-17(30)25-13-14-26-23-11-7-19-15-21(31)10-12-22(19)27(23)24(16-28(25,26)2)18-5-8-20(9-6-18)29(3)4;1-2-3;1-2/h5-6,8-9,15,23-26H,7,10-14,16H2,1-4H3;2H,1H3;2H,1H3. The summed E-state index contributed by atoms with van der Waals surface area (Å²) in [7, 11) is 5.16. The van der Waals surface area contributed by atoms with Gasteiger partial charge in [-0.15, -0.1) is 0 Å². The van der Waals surface area contributed by atoms with Gasteiger partial charge in [0.15, 0.2) is 5.78 Å². The van der Waals surface area contributed by atoms with Gasteiger partial charge in [0.25, 0.3) is 0 Å². The summed E-state index contributed by atoms with van der Waals surface area (Å²) in [6, 6.07) is 9.06. The van der Waals surface area contributed by atoms with E-state index in [0.717, 1.165) is 45.5 Å². The van der Waals surface area contributed by atoms with E-state index in [4.69, 9.17) is 9.90 Å². The smallest absolute Gasteiger partial charge is 0.156 e. The highest BCUT2D eigenvalue weighted by molar-refractivity contribution is 5.93. The monoisotopic (exact) mass is 493 g/mol. The molecule has 5 nitrogen and oxygen atoms in total. The van der Waals surface area contributed by atoms with E-state index in [0.29, 0.717) is 35.7 Å². The minimum absolute atomic E-state index is 0.0805. The molecule has 5 unspecified atom stereocenters. The summed E-state index contributed by atoms with van der Waals surface area (Å²) in [6.45, 7) is 5.66. The van der Waals surface area contributed by atoms with Gasteiger partial charge in [0.05, 0.1) is 0 Å². The Morgan fingerprint density at radius 2 is 1.69 bits per heavy atom. The van der Waals surface area contributed by atoms with Gasteiger partial charge in [-0.3, -0.25) is 9.59 Å². The van der Waals surface area contributed by atoms with Crippen LogP contribution in [0.4, 0.5) is 5.69 Å². The SMILES string of the molecule is CC(=O)C1CCC2C3CCC4=CC(=O)CCC4=C3C(c3ccc(N(C)C)cc3)CC12C.CC=O.CO. The third kappa shape index (κ3) is 5.13. The van der Waals surface area contributed by atoms with Crippen molar-refractivity contribution in [3.63, 3.8) is 0 Å². The molecule has 4 aliphatic rings. The normalized spacial score (nSPS) is 30.3. The number of benzene rings is 1. The third-order valence-electron chi connectivity index (χ3n) is 9.03. The van der Waals surface area contributed by atoms with Crippen LogP contribution in [0, 0.1) is 23.2 Å². The number of rotatable bonds is 3. The van der Waals surface area contributed by atoms with E-state index >= 15 is 0 Å². The largest absolute Gasteiger partial charge is 0.400 e. The third-order valence-corrected chi connectivity index (χ3v) is 9.03.